The molecule has 0 unspecified atom stereocenters. The van der Waals surface area contributed by atoms with Crippen LogP contribution in [0.25, 0.3) is 22.5 Å². The van der Waals surface area contributed by atoms with E-state index < -0.39 is 5.97 Å². The minimum Gasteiger partial charge on any atom is -0.465 e. The number of hydrogen-bond donors (Lipinski definition) is 1. The molecule has 1 aliphatic rings. The van der Waals surface area contributed by atoms with E-state index in [2.05, 4.69) is 20.9 Å². The lowest BCUT2D eigenvalue weighted by atomic mass is 9.96. The van der Waals surface area contributed by atoms with Crippen LogP contribution in [0, 0.1) is 0 Å². The molecule has 4 aromatic rings. The van der Waals surface area contributed by atoms with Crippen LogP contribution >= 0.6 is 46.0 Å². The van der Waals surface area contributed by atoms with Gasteiger partial charge in [0.05, 0.1) is 12.9 Å². The van der Waals surface area contributed by atoms with Gasteiger partial charge in [0.1, 0.15) is 10.6 Å². The highest BCUT2D eigenvalue weighted by molar-refractivity contribution is 7.99. The number of methoxy groups -OCH3 is 1. The number of amides is 1. The number of aromatic nitrogens is 3. The number of rotatable bonds is 7. The highest BCUT2D eigenvalue weighted by Crippen LogP contribution is 2.38. The van der Waals surface area contributed by atoms with E-state index in [-0.39, 0.29) is 11.7 Å². The van der Waals surface area contributed by atoms with Crippen LogP contribution in [0.15, 0.2) is 40.2 Å². The third-order valence-electron chi connectivity index (χ3n) is 6.06. The topological polar surface area (TPSA) is 86.1 Å². The Morgan fingerprint density at radius 3 is 2.64 bits per heavy atom. The number of nitrogens with zero attached hydrogens (tertiary/aromatic N) is 3. The highest BCUT2D eigenvalue weighted by Gasteiger charge is 2.24. The van der Waals surface area contributed by atoms with Crippen molar-refractivity contribution in [1.29, 1.82) is 0 Å². The Morgan fingerprint density at radius 2 is 1.86 bits per heavy atom. The summed E-state index contributed by atoms with van der Waals surface area (Å²) in [5, 5.41) is 17.3. The van der Waals surface area contributed by atoms with Crippen molar-refractivity contribution in [1.82, 2.24) is 14.8 Å². The number of fused-ring (bicyclic) bond motifs is 1. The molecular weight excluding hydrogens is 536 g/mol. The van der Waals surface area contributed by atoms with Crippen LogP contribution in [0.1, 0.15) is 33.6 Å². The Labute approximate surface area is 225 Å². The summed E-state index contributed by atoms with van der Waals surface area (Å²) in [4.78, 5) is 26.8. The smallest absolute Gasteiger partial charge is 0.341 e. The van der Waals surface area contributed by atoms with Crippen molar-refractivity contribution < 1.29 is 14.3 Å². The zero-order valence-corrected chi connectivity index (χ0v) is 22.9. The maximum Gasteiger partial charge on any atom is 0.341 e. The third kappa shape index (κ3) is 4.95. The number of esters is 1. The monoisotopic (exact) mass is 558 g/mol. The molecule has 3 heterocycles. The summed E-state index contributed by atoms with van der Waals surface area (Å²) in [5.41, 5.74) is 4.36. The van der Waals surface area contributed by atoms with E-state index in [0.29, 0.717) is 26.3 Å². The van der Waals surface area contributed by atoms with E-state index in [1.54, 1.807) is 23.5 Å². The average molecular weight is 559 g/mol. The quantitative estimate of drug-likeness (QED) is 0.211. The predicted molar refractivity (Wildman–Crippen MR) is 146 cm³/mol. The van der Waals surface area contributed by atoms with Crippen molar-refractivity contribution in [3.8, 4) is 22.5 Å². The Morgan fingerprint density at radius 1 is 1.11 bits per heavy atom. The zero-order chi connectivity index (χ0) is 25.2. The number of nitrogens with one attached hydrogen (secondary N) is 1. The van der Waals surface area contributed by atoms with E-state index in [1.807, 2.05) is 29.1 Å². The lowest BCUT2D eigenvalue weighted by molar-refractivity contribution is -0.113. The number of hydrogen-bond acceptors (Lipinski definition) is 8. The maximum absolute atomic E-state index is 12.8. The van der Waals surface area contributed by atoms with Crippen molar-refractivity contribution in [3.63, 3.8) is 0 Å². The molecule has 186 valence electrons. The van der Waals surface area contributed by atoms with E-state index in [0.717, 1.165) is 29.8 Å². The van der Waals surface area contributed by atoms with Gasteiger partial charge < -0.3 is 14.6 Å². The standard InChI is InChI=1S/C25H23ClN4O3S3/c1-30-22(18-12-34-19-6-4-3-5-16(18)19)28-29-25(30)36-13-20(31)27-23-21(24(32)33-2)17(11-35-23)14-7-9-15(26)10-8-14/h7-12H,3-6,13H2,1-2H3,(H,27,31). The lowest BCUT2D eigenvalue weighted by Crippen LogP contribution is -2.16. The van der Waals surface area contributed by atoms with Crippen molar-refractivity contribution >= 4 is 62.9 Å². The van der Waals surface area contributed by atoms with Crippen LogP contribution in [0.5, 0.6) is 0 Å². The van der Waals surface area contributed by atoms with Crippen LogP contribution in [-0.4, -0.2) is 39.5 Å². The molecule has 1 amide bonds. The molecule has 7 nitrogen and oxygen atoms in total. The van der Waals surface area contributed by atoms with Gasteiger partial charge in [0.15, 0.2) is 11.0 Å². The summed E-state index contributed by atoms with van der Waals surface area (Å²) >= 11 is 10.4. The Kier molecular flexibility index (Phi) is 7.47. The molecule has 36 heavy (non-hydrogen) atoms. The molecule has 1 N–H and O–H groups in total. The Bertz CT molecular complexity index is 1420. The summed E-state index contributed by atoms with van der Waals surface area (Å²) in [5.74, 6) is 0.201. The number of halogens is 1. The molecule has 0 radical (unpaired) electrons. The second kappa shape index (κ2) is 10.8. The molecular formula is C25H23ClN4O3S3. The third-order valence-corrected chi connectivity index (χ3v) is 9.31. The van der Waals surface area contributed by atoms with Crippen molar-refractivity contribution in [2.75, 3.05) is 18.2 Å². The molecule has 1 aliphatic carbocycles. The molecule has 5 rings (SSSR count). The number of aryl methyl sites for hydroxylation is 1. The summed E-state index contributed by atoms with van der Waals surface area (Å²) in [6.07, 6.45) is 4.65. The van der Waals surface area contributed by atoms with Gasteiger partial charge in [-0.2, -0.15) is 0 Å². The average Bonchev–Trinajstić information content (AvgIpc) is 3.59. The highest BCUT2D eigenvalue weighted by atomic mass is 35.5. The van der Waals surface area contributed by atoms with Crippen LogP contribution < -0.4 is 5.32 Å². The molecule has 0 bridgehead atoms. The number of ether oxygens (including phenoxy) is 1. The Balaban J connectivity index is 1.30. The number of benzene rings is 1. The normalized spacial score (nSPS) is 12.9. The number of thiophene rings is 2. The molecule has 11 heteroatoms. The number of carbonyl (C=O) groups excluding carboxylic acids is 2. The minimum absolute atomic E-state index is 0.127. The maximum atomic E-state index is 12.8. The molecule has 0 fully saturated rings. The van der Waals surface area contributed by atoms with E-state index in [4.69, 9.17) is 16.3 Å². The van der Waals surface area contributed by atoms with Crippen LogP contribution in [0.3, 0.4) is 0 Å². The minimum atomic E-state index is -0.513. The largest absolute Gasteiger partial charge is 0.465 e. The Hall–Kier alpha value is -2.66. The number of anilines is 1. The SMILES string of the molecule is COC(=O)c1c(-c2ccc(Cl)cc2)csc1NC(=O)CSc1nnc(-c2csc3c2CCCC3)n1C. The fourth-order valence-corrected chi connectivity index (χ4v) is 7.18. The van der Waals surface area contributed by atoms with Gasteiger partial charge in [-0.15, -0.1) is 32.9 Å². The first-order valence-corrected chi connectivity index (χ1v) is 14.5. The van der Waals surface area contributed by atoms with Gasteiger partial charge in [0, 0.05) is 38.8 Å². The summed E-state index contributed by atoms with van der Waals surface area (Å²) in [7, 11) is 3.25. The van der Waals surface area contributed by atoms with Crippen molar-refractivity contribution in [2.24, 2.45) is 7.05 Å². The second-order valence-electron chi connectivity index (χ2n) is 8.31. The first-order chi connectivity index (χ1) is 17.5. The van der Waals surface area contributed by atoms with Gasteiger partial charge in [-0.1, -0.05) is 35.5 Å². The van der Waals surface area contributed by atoms with Gasteiger partial charge >= 0.3 is 5.97 Å². The predicted octanol–water partition coefficient (Wildman–Crippen LogP) is 6.32. The van der Waals surface area contributed by atoms with E-state index in [9.17, 15) is 9.59 Å². The van der Waals surface area contributed by atoms with Crippen LogP contribution in [0.4, 0.5) is 5.00 Å². The van der Waals surface area contributed by atoms with Crippen molar-refractivity contribution in [2.45, 2.75) is 30.8 Å². The van der Waals surface area contributed by atoms with Crippen LogP contribution in [0.2, 0.25) is 5.02 Å². The molecule has 0 aliphatic heterocycles. The fourth-order valence-electron chi connectivity index (χ4n) is 4.25. The van der Waals surface area contributed by atoms with Gasteiger partial charge in [0.2, 0.25) is 5.91 Å². The molecule has 0 saturated heterocycles. The van der Waals surface area contributed by atoms with Gasteiger partial charge in [-0.05, 0) is 48.9 Å². The summed E-state index contributed by atoms with van der Waals surface area (Å²) in [6, 6.07) is 7.17. The molecule has 0 saturated carbocycles. The second-order valence-corrected chi connectivity index (χ2v) is 11.5. The fraction of sp³-hybridized carbons (Fsp3) is 0.280. The molecule has 1 aromatic carbocycles. The molecule has 0 atom stereocenters. The lowest BCUT2D eigenvalue weighted by Gasteiger charge is -2.12. The van der Waals surface area contributed by atoms with Crippen molar-refractivity contribution in [3.05, 3.63) is 56.1 Å². The molecule has 3 aromatic heterocycles. The van der Waals surface area contributed by atoms with E-state index >= 15 is 0 Å². The van der Waals surface area contributed by atoms with Crippen LogP contribution in [-0.2, 0) is 29.4 Å². The van der Waals surface area contributed by atoms with E-state index in [1.165, 1.54) is 53.5 Å². The number of carbonyl (C=O) groups is 2. The summed E-state index contributed by atoms with van der Waals surface area (Å²) in [6.45, 7) is 0. The number of thioether (sulfide) groups is 1. The molecule has 0 spiro atoms. The van der Waals surface area contributed by atoms with Gasteiger partial charge in [-0.25, -0.2) is 4.79 Å². The zero-order valence-electron chi connectivity index (χ0n) is 19.7. The first kappa shape index (κ1) is 25.0. The van der Waals surface area contributed by atoms with Gasteiger partial charge in [0.25, 0.3) is 0 Å². The van der Waals surface area contributed by atoms with Gasteiger partial charge in [-0.3, -0.25) is 4.79 Å². The summed E-state index contributed by atoms with van der Waals surface area (Å²) < 4.78 is 6.93. The first-order valence-electron chi connectivity index (χ1n) is 11.3.